The molecule has 0 aliphatic carbocycles. The molecular formula is C20H25N5O2S. The van der Waals surface area contributed by atoms with Crippen molar-refractivity contribution in [2.24, 2.45) is 0 Å². The van der Waals surface area contributed by atoms with E-state index in [0.29, 0.717) is 13.1 Å². The maximum Gasteiger partial charge on any atom is 0.264 e. The highest BCUT2D eigenvalue weighted by Crippen LogP contribution is 2.43. The normalized spacial score (nSPS) is 21.6. The van der Waals surface area contributed by atoms with E-state index < -0.39 is 0 Å². The second-order valence-electron chi connectivity index (χ2n) is 7.63. The Balaban J connectivity index is 1.30. The number of piperidine rings is 1. The number of amides is 1. The van der Waals surface area contributed by atoms with Crippen molar-refractivity contribution < 1.29 is 9.53 Å². The predicted octanol–water partition coefficient (Wildman–Crippen LogP) is 1.65. The van der Waals surface area contributed by atoms with Crippen molar-refractivity contribution in [2.45, 2.75) is 24.9 Å². The van der Waals surface area contributed by atoms with E-state index in [-0.39, 0.29) is 11.5 Å². The smallest absolute Gasteiger partial charge is 0.264 e. The van der Waals surface area contributed by atoms with Crippen LogP contribution in [0.25, 0.3) is 0 Å². The molecule has 5 rings (SSSR count). The lowest BCUT2D eigenvalue weighted by atomic mass is 9.83. The number of piperazine rings is 1. The van der Waals surface area contributed by atoms with Crippen LogP contribution < -0.4 is 10.2 Å². The predicted molar refractivity (Wildman–Crippen MR) is 108 cm³/mol. The molecule has 0 saturated carbocycles. The lowest BCUT2D eigenvalue weighted by Crippen LogP contribution is -2.49. The van der Waals surface area contributed by atoms with E-state index in [2.05, 4.69) is 26.3 Å². The summed E-state index contributed by atoms with van der Waals surface area (Å²) in [7, 11) is 0. The Morgan fingerprint density at radius 2 is 2.00 bits per heavy atom. The number of rotatable bonds is 2. The summed E-state index contributed by atoms with van der Waals surface area (Å²) in [5.74, 6) is 1.04. The lowest BCUT2D eigenvalue weighted by Gasteiger charge is -2.40. The van der Waals surface area contributed by atoms with Gasteiger partial charge >= 0.3 is 0 Å². The van der Waals surface area contributed by atoms with E-state index >= 15 is 0 Å². The Hall–Kier alpha value is -2.03. The molecular weight excluding hydrogens is 374 g/mol. The summed E-state index contributed by atoms with van der Waals surface area (Å²) in [5.41, 5.74) is 1.09. The van der Waals surface area contributed by atoms with Gasteiger partial charge in [-0.25, -0.2) is 4.98 Å². The number of fused-ring (bicyclic) bond motifs is 2. The minimum atomic E-state index is -0.182. The minimum absolute atomic E-state index is 0.155. The van der Waals surface area contributed by atoms with E-state index in [1.165, 1.54) is 10.4 Å². The minimum Gasteiger partial charge on any atom is -0.370 e. The summed E-state index contributed by atoms with van der Waals surface area (Å²) >= 11 is 1.67. The number of hydrogen-bond donors (Lipinski definition) is 1. The van der Waals surface area contributed by atoms with Crippen molar-refractivity contribution in [3.63, 3.8) is 0 Å². The molecule has 2 fully saturated rings. The standard InChI is InChI=1S/C20H25N5O2S/c26-19(25-10-8-24(9-11-25)18-14-22-6-7-23-18)17-13-15-16(28-17)1-12-27-20(15)2-4-21-5-3-20/h6-7,13-14,21H,1-5,8-12H2. The van der Waals surface area contributed by atoms with Gasteiger partial charge in [-0.3, -0.25) is 9.78 Å². The van der Waals surface area contributed by atoms with Gasteiger partial charge in [0.25, 0.3) is 5.91 Å². The van der Waals surface area contributed by atoms with Crippen molar-refractivity contribution in [1.29, 1.82) is 0 Å². The van der Waals surface area contributed by atoms with Gasteiger partial charge in [0.2, 0.25) is 0 Å². The lowest BCUT2D eigenvalue weighted by molar-refractivity contribution is -0.0792. The number of anilines is 1. The first-order valence-electron chi connectivity index (χ1n) is 10.0. The molecule has 1 spiro atoms. The molecule has 2 saturated heterocycles. The van der Waals surface area contributed by atoms with Gasteiger partial charge in [0.1, 0.15) is 5.82 Å². The van der Waals surface area contributed by atoms with Crippen LogP contribution >= 0.6 is 11.3 Å². The van der Waals surface area contributed by atoms with E-state index in [0.717, 1.165) is 62.7 Å². The van der Waals surface area contributed by atoms with E-state index in [1.54, 1.807) is 29.9 Å². The van der Waals surface area contributed by atoms with Crippen LogP contribution in [0.5, 0.6) is 0 Å². The van der Waals surface area contributed by atoms with Crippen molar-refractivity contribution >= 4 is 23.1 Å². The monoisotopic (exact) mass is 399 g/mol. The van der Waals surface area contributed by atoms with Crippen molar-refractivity contribution in [1.82, 2.24) is 20.2 Å². The first kappa shape index (κ1) is 18.0. The fraction of sp³-hybridized carbons (Fsp3) is 0.550. The van der Waals surface area contributed by atoms with Gasteiger partial charge in [-0.1, -0.05) is 0 Å². The van der Waals surface area contributed by atoms with Crippen LogP contribution in [0.1, 0.15) is 33.0 Å². The number of carbonyl (C=O) groups is 1. The number of carbonyl (C=O) groups excluding carboxylic acids is 1. The highest BCUT2D eigenvalue weighted by Gasteiger charge is 2.41. The molecule has 0 atom stereocenters. The Bertz CT molecular complexity index is 842. The van der Waals surface area contributed by atoms with Crippen LogP contribution in [0.2, 0.25) is 0 Å². The summed E-state index contributed by atoms with van der Waals surface area (Å²) in [5, 5.41) is 3.42. The number of thiophene rings is 1. The number of hydrogen-bond acceptors (Lipinski definition) is 7. The van der Waals surface area contributed by atoms with E-state index in [9.17, 15) is 4.79 Å². The van der Waals surface area contributed by atoms with Gasteiger partial charge in [-0.05, 0) is 37.6 Å². The van der Waals surface area contributed by atoms with Crippen LogP contribution in [-0.2, 0) is 16.8 Å². The zero-order chi connectivity index (χ0) is 19.0. The highest BCUT2D eigenvalue weighted by atomic mass is 32.1. The number of ether oxygens (including phenoxy) is 1. The molecule has 3 aliphatic rings. The van der Waals surface area contributed by atoms with E-state index in [1.807, 2.05) is 4.90 Å². The van der Waals surface area contributed by atoms with Crippen LogP contribution in [-0.4, -0.2) is 66.7 Å². The molecule has 0 unspecified atom stereocenters. The van der Waals surface area contributed by atoms with Gasteiger partial charge < -0.3 is 19.9 Å². The van der Waals surface area contributed by atoms with Crippen molar-refractivity contribution in [2.75, 3.05) is 50.8 Å². The van der Waals surface area contributed by atoms with Crippen LogP contribution in [0.15, 0.2) is 24.7 Å². The topological polar surface area (TPSA) is 70.6 Å². The summed E-state index contributed by atoms with van der Waals surface area (Å²) in [4.78, 5) is 28.0. The fourth-order valence-corrected chi connectivity index (χ4v) is 5.71. The molecule has 0 radical (unpaired) electrons. The molecule has 8 heteroatoms. The first-order valence-corrected chi connectivity index (χ1v) is 10.8. The SMILES string of the molecule is O=C(c1cc2c(s1)CCOC21CCNCC1)N1CCN(c2cnccn2)CC1. The number of aromatic nitrogens is 2. The third-order valence-corrected chi connectivity index (χ3v) is 7.25. The first-order chi connectivity index (χ1) is 13.8. The molecule has 28 heavy (non-hydrogen) atoms. The van der Waals surface area contributed by atoms with Gasteiger partial charge in [-0.15, -0.1) is 11.3 Å². The summed E-state index contributed by atoms with van der Waals surface area (Å²) < 4.78 is 6.26. The Morgan fingerprint density at radius 3 is 2.75 bits per heavy atom. The Labute approximate surface area is 168 Å². The average molecular weight is 400 g/mol. The number of nitrogens with one attached hydrogen (secondary N) is 1. The van der Waals surface area contributed by atoms with Crippen LogP contribution in [0, 0.1) is 0 Å². The third-order valence-electron chi connectivity index (χ3n) is 6.07. The molecule has 1 amide bonds. The molecule has 2 aromatic rings. The summed E-state index contributed by atoms with van der Waals surface area (Å²) in [6.45, 7) is 5.71. The van der Waals surface area contributed by atoms with Gasteiger partial charge in [0.05, 0.1) is 23.3 Å². The Kier molecular flexibility index (Phi) is 4.78. The molecule has 7 nitrogen and oxygen atoms in total. The van der Waals surface area contributed by atoms with Gasteiger partial charge in [0.15, 0.2) is 0 Å². The zero-order valence-corrected chi connectivity index (χ0v) is 16.7. The molecule has 148 valence electrons. The largest absolute Gasteiger partial charge is 0.370 e. The quantitative estimate of drug-likeness (QED) is 0.828. The molecule has 5 heterocycles. The summed E-state index contributed by atoms with van der Waals surface area (Å²) in [6.07, 6.45) is 8.07. The number of nitrogens with zero attached hydrogens (tertiary/aromatic N) is 4. The maximum atomic E-state index is 13.2. The van der Waals surface area contributed by atoms with Gasteiger partial charge in [-0.2, -0.15) is 0 Å². The fourth-order valence-electron chi connectivity index (χ4n) is 4.52. The van der Waals surface area contributed by atoms with Crippen molar-refractivity contribution in [3.05, 3.63) is 40.0 Å². The molecule has 1 N–H and O–H groups in total. The second-order valence-corrected chi connectivity index (χ2v) is 8.77. The molecule has 0 bridgehead atoms. The zero-order valence-electron chi connectivity index (χ0n) is 15.9. The van der Waals surface area contributed by atoms with Crippen LogP contribution in [0.4, 0.5) is 5.82 Å². The average Bonchev–Trinajstić information content (AvgIpc) is 3.21. The summed E-state index contributed by atoms with van der Waals surface area (Å²) in [6, 6.07) is 2.13. The second kappa shape index (κ2) is 7.42. The van der Waals surface area contributed by atoms with Crippen molar-refractivity contribution in [3.8, 4) is 0 Å². The maximum absolute atomic E-state index is 13.2. The molecule has 2 aromatic heterocycles. The third kappa shape index (κ3) is 3.19. The van der Waals surface area contributed by atoms with Crippen LogP contribution in [0.3, 0.4) is 0 Å². The molecule has 0 aromatic carbocycles. The Morgan fingerprint density at radius 1 is 1.18 bits per heavy atom. The highest BCUT2D eigenvalue weighted by molar-refractivity contribution is 7.14. The van der Waals surface area contributed by atoms with Gasteiger partial charge in [0, 0.05) is 49.9 Å². The molecule has 3 aliphatic heterocycles. The van der Waals surface area contributed by atoms with E-state index in [4.69, 9.17) is 4.74 Å².